The number of rotatable bonds is 7. The Morgan fingerprint density at radius 3 is 2.22 bits per heavy atom. The molecule has 1 aliphatic rings. The maximum Gasteiger partial charge on any atom is 0.416 e. The second-order valence-corrected chi connectivity index (χ2v) is 8.48. The number of nitrogens with zero attached hydrogens (tertiary/aromatic N) is 2. The Kier molecular flexibility index (Phi) is 6.63. The molecule has 0 saturated carbocycles. The van der Waals surface area contributed by atoms with E-state index in [1.54, 1.807) is 0 Å². The van der Waals surface area contributed by atoms with Gasteiger partial charge in [-0.15, -0.1) is 0 Å². The van der Waals surface area contributed by atoms with E-state index in [1.807, 2.05) is 42.8 Å². The zero-order valence-electron chi connectivity index (χ0n) is 19.3. The Labute approximate surface area is 187 Å². The van der Waals surface area contributed by atoms with Crippen LogP contribution in [0.1, 0.15) is 50.8 Å². The summed E-state index contributed by atoms with van der Waals surface area (Å²) in [6, 6.07) is 12.0. The monoisotopic (exact) mass is 443 g/mol. The number of anilines is 1. The van der Waals surface area contributed by atoms with Gasteiger partial charge in [0, 0.05) is 42.9 Å². The van der Waals surface area contributed by atoms with Crippen LogP contribution in [-0.4, -0.2) is 36.2 Å². The van der Waals surface area contributed by atoms with E-state index in [9.17, 15) is 18.0 Å². The van der Waals surface area contributed by atoms with Crippen molar-refractivity contribution in [1.29, 1.82) is 0 Å². The Hall–Kier alpha value is -2.89. The molecule has 0 spiro atoms. The van der Waals surface area contributed by atoms with E-state index >= 15 is 0 Å². The van der Waals surface area contributed by atoms with Crippen molar-refractivity contribution in [3.8, 4) is 0 Å². The Bertz CT molecular complexity index is 1060. The molecule has 170 valence electrons. The number of fused-ring (bicyclic) bond motifs is 1. The van der Waals surface area contributed by atoms with Gasteiger partial charge in [-0.05, 0) is 63.6 Å². The molecule has 1 aliphatic heterocycles. The SMILES string of the molecule is CCN(CC)c1ccc(/C=C/C2=[N+](C)c3ccc(C(F)(F)F)cc3C2(C)CC(C)=O)cc1. The number of benzene rings is 2. The van der Waals surface area contributed by atoms with Crippen molar-refractivity contribution >= 4 is 28.9 Å². The highest BCUT2D eigenvalue weighted by molar-refractivity contribution is 6.07. The first kappa shape index (κ1) is 23.8. The van der Waals surface area contributed by atoms with Crippen LogP contribution in [-0.2, 0) is 16.4 Å². The van der Waals surface area contributed by atoms with Crippen LogP contribution >= 0.6 is 0 Å². The van der Waals surface area contributed by atoms with E-state index in [-0.39, 0.29) is 12.2 Å². The Morgan fingerprint density at radius 1 is 1.06 bits per heavy atom. The molecule has 0 radical (unpaired) electrons. The molecule has 1 heterocycles. The van der Waals surface area contributed by atoms with Gasteiger partial charge < -0.3 is 4.90 Å². The molecular formula is C26H30F3N2O+. The lowest BCUT2D eigenvalue weighted by Crippen LogP contribution is -2.33. The van der Waals surface area contributed by atoms with Gasteiger partial charge in [0.2, 0.25) is 5.69 Å². The summed E-state index contributed by atoms with van der Waals surface area (Å²) < 4.78 is 42.0. The Morgan fingerprint density at radius 2 is 1.69 bits per heavy atom. The number of hydrogen-bond donors (Lipinski definition) is 0. The first-order valence-electron chi connectivity index (χ1n) is 10.9. The molecule has 1 atom stereocenters. The van der Waals surface area contributed by atoms with Crippen LogP contribution in [0.4, 0.5) is 24.5 Å². The lowest BCUT2D eigenvalue weighted by Gasteiger charge is -2.22. The van der Waals surface area contributed by atoms with Crippen LogP contribution in [0.5, 0.6) is 0 Å². The number of carbonyl (C=O) groups is 1. The van der Waals surface area contributed by atoms with Crippen LogP contribution in [0.3, 0.4) is 0 Å². The van der Waals surface area contributed by atoms with Crippen LogP contribution < -0.4 is 4.90 Å². The third-order valence-corrected chi connectivity index (χ3v) is 6.26. The number of Topliss-reactive ketones (excluding diaryl/α,β-unsaturated/α-hetero) is 1. The fourth-order valence-corrected chi connectivity index (χ4v) is 4.62. The summed E-state index contributed by atoms with van der Waals surface area (Å²) in [5, 5.41) is 0. The average molecular weight is 444 g/mol. The summed E-state index contributed by atoms with van der Waals surface area (Å²) in [4.78, 5) is 14.4. The van der Waals surface area contributed by atoms with E-state index < -0.39 is 17.2 Å². The molecule has 2 aromatic rings. The highest BCUT2D eigenvalue weighted by Gasteiger charge is 2.48. The van der Waals surface area contributed by atoms with Crippen molar-refractivity contribution in [1.82, 2.24) is 0 Å². The van der Waals surface area contributed by atoms with E-state index in [4.69, 9.17) is 0 Å². The van der Waals surface area contributed by atoms with Gasteiger partial charge in [0.25, 0.3) is 0 Å². The van der Waals surface area contributed by atoms with Crippen molar-refractivity contribution in [2.24, 2.45) is 0 Å². The number of halogens is 3. The first-order valence-corrected chi connectivity index (χ1v) is 10.9. The quantitative estimate of drug-likeness (QED) is 0.474. The molecule has 0 aromatic heterocycles. The molecule has 0 fully saturated rings. The third kappa shape index (κ3) is 4.50. The van der Waals surface area contributed by atoms with Crippen molar-refractivity contribution in [2.75, 3.05) is 25.0 Å². The fraction of sp³-hybridized carbons (Fsp3) is 0.385. The lowest BCUT2D eigenvalue weighted by atomic mass is 9.75. The molecule has 1 unspecified atom stereocenters. The van der Waals surface area contributed by atoms with Crippen molar-refractivity contribution in [3.63, 3.8) is 0 Å². The van der Waals surface area contributed by atoms with Crippen LogP contribution in [0, 0.1) is 0 Å². The number of alkyl halides is 3. The van der Waals surface area contributed by atoms with Crippen LogP contribution in [0.15, 0.2) is 48.5 Å². The maximum absolute atomic E-state index is 13.4. The molecule has 32 heavy (non-hydrogen) atoms. The molecule has 0 saturated heterocycles. The molecule has 6 heteroatoms. The molecule has 0 amide bonds. The second kappa shape index (κ2) is 8.93. The minimum atomic E-state index is -4.43. The summed E-state index contributed by atoms with van der Waals surface area (Å²) in [6.45, 7) is 9.40. The van der Waals surface area contributed by atoms with Crippen molar-refractivity contribution in [2.45, 2.75) is 45.7 Å². The zero-order valence-corrected chi connectivity index (χ0v) is 19.3. The van der Waals surface area contributed by atoms with Crippen molar-refractivity contribution in [3.05, 3.63) is 65.2 Å². The van der Waals surface area contributed by atoms with Gasteiger partial charge in [0.1, 0.15) is 12.8 Å². The second-order valence-electron chi connectivity index (χ2n) is 8.48. The molecule has 0 aliphatic carbocycles. The zero-order chi connectivity index (χ0) is 23.7. The maximum atomic E-state index is 13.4. The minimum Gasteiger partial charge on any atom is -0.372 e. The third-order valence-electron chi connectivity index (χ3n) is 6.26. The standard InChI is InChI=1S/C26H30F3N2O/c1-6-31(7-2)21-12-8-19(9-13-21)10-15-24-25(4,17-18(3)32)22-16-20(26(27,28)29)11-14-23(22)30(24)5/h8-16H,6-7,17H2,1-5H3/q+1. The fourth-order valence-electron chi connectivity index (χ4n) is 4.62. The molecule has 0 bridgehead atoms. The number of hydrogen-bond acceptors (Lipinski definition) is 2. The molecule has 0 N–H and O–H groups in total. The van der Waals surface area contributed by atoms with E-state index in [0.717, 1.165) is 36.1 Å². The summed E-state index contributed by atoms with van der Waals surface area (Å²) in [6.07, 6.45) is -0.433. The van der Waals surface area contributed by atoms with Gasteiger partial charge in [-0.2, -0.15) is 17.7 Å². The van der Waals surface area contributed by atoms with Crippen molar-refractivity contribution < 1.29 is 22.5 Å². The highest BCUT2D eigenvalue weighted by Crippen LogP contribution is 2.44. The molecule has 3 rings (SSSR count). The van der Waals surface area contributed by atoms with E-state index in [0.29, 0.717) is 11.3 Å². The topological polar surface area (TPSA) is 23.3 Å². The summed E-state index contributed by atoms with van der Waals surface area (Å²) >= 11 is 0. The van der Waals surface area contributed by atoms with Gasteiger partial charge in [-0.25, -0.2) is 0 Å². The van der Waals surface area contributed by atoms with E-state index in [2.05, 4.69) is 30.9 Å². The smallest absolute Gasteiger partial charge is 0.372 e. The molecule has 3 nitrogen and oxygen atoms in total. The van der Waals surface area contributed by atoms with Gasteiger partial charge in [-0.1, -0.05) is 12.1 Å². The summed E-state index contributed by atoms with van der Waals surface area (Å²) in [5.74, 6) is -0.0689. The highest BCUT2D eigenvalue weighted by atomic mass is 19.4. The number of ketones is 1. The van der Waals surface area contributed by atoms with Gasteiger partial charge in [-0.3, -0.25) is 4.79 Å². The van der Waals surface area contributed by atoms with E-state index in [1.165, 1.54) is 19.1 Å². The number of allylic oxidation sites excluding steroid dienone is 1. The Balaban J connectivity index is 2.01. The summed E-state index contributed by atoms with van der Waals surface area (Å²) in [7, 11) is 1.83. The largest absolute Gasteiger partial charge is 0.416 e. The van der Waals surface area contributed by atoms with Crippen LogP contribution in [0.25, 0.3) is 6.08 Å². The number of carbonyl (C=O) groups excluding carboxylic acids is 1. The first-order chi connectivity index (χ1) is 15.0. The average Bonchev–Trinajstić information content (AvgIpc) is 2.93. The van der Waals surface area contributed by atoms with Crippen LogP contribution in [0.2, 0.25) is 0 Å². The normalized spacial score (nSPS) is 18.4. The predicted molar refractivity (Wildman–Crippen MR) is 124 cm³/mol. The summed E-state index contributed by atoms with van der Waals surface area (Å²) in [5.41, 5.74) is 2.62. The molecular weight excluding hydrogens is 413 g/mol. The molecule has 2 aromatic carbocycles. The van der Waals surface area contributed by atoms with Gasteiger partial charge >= 0.3 is 6.18 Å². The predicted octanol–water partition coefficient (Wildman–Crippen LogP) is 6.23. The van der Waals surface area contributed by atoms with Gasteiger partial charge in [0.15, 0.2) is 5.71 Å². The van der Waals surface area contributed by atoms with Gasteiger partial charge in [0.05, 0.1) is 11.0 Å². The minimum absolute atomic E-state index is 0.0689. The lowest BCUT2D eigenvalue weighted by molar-refractivity contribution is -0.401.